The van der Waals surface area contributed by atoms with Gasteiger partial charge in [0.15, 0.2) is 5.78 Å². The number of Topliss-reactive ketones (excluding diaryl/α,β-unsaturated/α-hetero) is 1. The molecule has 2 nitrogen and oxygen atoms in total. The van der Waals surface area contributed by atoms with Crippen LogP contribution in [-0.2, 0) is 0 Å². The van der Waals surface area contributed by atoms with Crippen molar-refractivity contribution in [3.05, 3.63) is 29.3 Å². The number of nitrogens with one attached hydrogen (secondary N) is 1. The van der Waals surface area contributed by atoms with Gasteiger partial charge in [0.05, 0.1) is 0 Å². The van der Waals surface area contributed by atoms with Crippen molar-refractivity contribution in [2.75, 3.05) is 13.1 Å². The molecule has 1 fully saturated rings. The summed E-state index contributed by atoms with van der Waals surface area (Å²) in [5, 5.41) is 3.82. The summed E-state index contributed by atoms with van der Waals surface area (Å²) in [6.45, 7) is 8.33. The van der Waals surface area contributed by atoms with Crippen molar-refractivity contribution in [3.8, 4) is 0 Å². The van der Waals surface area contributed by atoms with Crippen LogP contribution in [0.4, 0.5) is 0 Å². The number of ketones is 1. The second kappa shape index (κ2) is 6.58. The van der Waals surface area contributed by atoms with Crippen LogP contribution in [-0.4, -0.2) is 24.1 Å². The number of aryl methyl sites for hydroxylation is 1. The molecule has 0 bridgehead atoms. The van der Waals surface area contributed by atoms with E-state index in [-0.39, 0.29) is 5.92 Å². The van der Waals surface area contributed by atoms with Crippen molar-refractivity contribution in [1.29, 1.82) is 0 Å². The van der Waals surface area contributed by atoms with Crippen molar-refractivity contribution < 1.29 is 4.79 Å². The van der Waals surface area contributed by atoms with Gasteiger partial charge in [-0.25, -0.2) is 0 Å². The lowest BCUT2D eigenvalue weighted by Gasteiger charge is -2.22. The van der Waals surface area contributed by atoms with Crippen LogP contribution in [0.15, 0.2) is 23.1 Å². The van der Waals surface area contributed by atoms with Gasteiger partial charge in [-0.15, -0.1) is 11.8 Å². The van der Waals surface area contributed by atoms with Gasteiger partial charge in [0, 0.05) is 21.6 Å². The van der Waals surface area contributed by atoms with Gasteiger partial charge in [0.2, 0.25) is 0 Å². The Balaban J connectivity index is 2.25. The minimum atomic E-state index is 0.203. The largest absolute Gasteiger partial charge is 0.317 e. The highest BCUT2D eigenvalue weighted by Crippen LogP contribution is 2.30. The lowest BCUT2D eigenvalue weighted by molar-refractivity contribution is 0.0892. The van der Waals surface area contributed by atoms with E-state index in [9.17, 15) is 4.79 Å². The van der Waals surface area contributed by atoms with E-state index in [1.807, 2.05) is 0 Å². The van der Waals surface area contributed by atoms with Crippen molar-refractivity contribution >= 4 is 17.5 Å². The van der Waals surface area contributed by atoms with Crippen molar-refractivity contribution in [1.82, 2.24) is 5.32 Å². The number of hydrogen-bond acceptors (Lipinski definition) is 3. The number of hydrogen-bond donors (Lipinski definition) is 1. The average Bonchev–Trinajstić information content (AvgIpc) is 2.40. The van der Waals surface area contributed by atoms with Gasteiger partial charge in [0.1, 0.15) is 0 Å². The highest BCUT2D eigenvalue weighted by Gasteiger charge is 2.24. The molecule has 1 aromatic rings. The molecule has 1 aliphatic heterocycles. The van der Waals surface area contributed by atoms with Crippen molar-refractivity contribution in [3.63, 3.8) is 0 Å². The van der Waals surface area contributed by atoms with Crippen LogP contribution in [0.2, 0.25) is 0 Å². The Hall–Kier alpha value is -0.800. The van der Waals surface area contributed by atoms with Gasteiger partial charge in [-0.1, -0.05) is 25.5 Å². The summed E-state index contributed by atoms with van der Waals surface area (Å²) in [4.78, 5) is 13.9. The first-order chi connectivity index (χ1) is 9.08. The van der Waals surface area contributed by atoms with Crippen molar-refractivity contribution in [2.45, 2.75) is 43.8 Å². The first-order valence-electron chi connectivity index (χ1n) is 7.10. The Kier molecular flexibility index (Phi) is 5.06. The zero-order valence-electron chi connectivity index (χ0n) is 12.0. The minimum absolute atomic E-state index is 0.203. The van der Waals surface area contributed by atoms with E-state index in [2.05, 4.69) is 44.3 Å². The SMILES string of the molecule is Cc1ccc(SC(C)C)c(C(=O)C2CCNCC2)c1. The molecule has 0 spiro atoms. The Morgan fingerprint density at radius 2 is 2.00 bits per heavy atom. The second-order valence-corrected chi connectivity index (χ2v) is 7.17. The minimum Gasteiger partial charge on any atom is -0.317 e. The normalized spacial score (nSPS) is 16.8. The third kappa shape index (κ3) is 3.83. The van der Waals surface area contributed by atoms with Crippen molar-refractivity contribution in [2.24, 2.45) is 5.92 Å². The van der Waals surface area contributed by atoms with E-state index in [1.54, 1.807) is 11.8 Å². The van der Waals surface area contributed by atoms with Gasteiger partial charge in [-0.2, -0.15) is 0 Å². The van der Waals surface area contributed by atoms with Crippen LogP contribution < -0.4 is 5.32 Å². The number of piperidine rings is 1. The summed E-state index contributed by atoms with van der Waals surface area (Å²) in [7, 11) is 0. The fourth-order valence-electron chi connectivity index (χ4n) is 2.50. The smallest absolute Gasteiger partial charge is 0.167 e. The maximum Gasteiger partial charge on any atom is 0.167 e. The fraction of sp³-hybridized carbons (Fsp3) is 0.562. The number of carbonyl (C=O) groups excluding carboxylic acids is 1. The zero-order chi connectivity index (χ0) is 13.8. The standard InChI is InChI=1S/C16H23NOS/c1-11(2)19-15-5-4-12(3)10-14(15)16(18)13-6-8-17-9-7-13/h4-5,10-11,13,17H,6-9H2,1-3H3. The van der Waals surface area contributed by atoms with Crippen LogP contribution in [0.1, 0.15) is 42.6 Å². The Bertz CT molecular complexity index is 450. The molecule has 0 aromatic heterocycles. The first-order valence-corrected chi connectivity index (χ1v) is 7.98. The van der Waals surface area contributed by atoms with E-state index in [1.165, 1.54) is 5.56 Å². The molecule has 0 unspecified atom stereocenters. The molecule has 0 radical (unpaired) electrons. The number of benzene rings is 1. The summed E-state index contributed by atoms with van der Waals surface area (Å²) in [6, 6.07) is 6.27. The molecular weight excluding hydrogens is 254 g/mol. The molecule has 1 heterocycles. The van der Waals surface area contributed by atoms with E-state index in [0.29, 0.717) is 11.0 Å². The van der Waals surface area contributed by atoms with Gasteiger partial charge in [-0.3, -0.25) is 4.79 Å². The number of thioether (sulfide) groups is 1. The number of carbonyl (C=O) groups is 1. The maximum absolute atomic E-state index is 12.7. The molecule has 0 atom stereocenters. The van der Waals surface area contributed by atoms with E-state index >= 15 is 0 Å². The zero-order valence-corrected chi connectivity index (χ0v) is 12.8. The molecule has 0 aliphatic carbocycles. The number of rotatable bonds is 4. The predicted octanol–water partition coefficient (Wildman–Crippen LogP) is 3.68. The lowest BCUT2D eigenvalue weighted by atomic mass is 9.89. The topological polar surface area (TPSA) is 29.1 Å². The highest BCUT2D eigenvalue weighted by atomic mass is 32.2. The third-order valence-corrected chi connectivity index (χ3v) is 4.55. The van der Waals surface area contributed by atoms with Crippen LogP contribution in [0.25, 0.3) is 0 Å². The third-order valence-electron chi connectivity index (χ3n) is 3.47. The van der Waals surface area contributed by atoms with Crippen LogP contribution in [0.5, 0.6) is 0 Å². The van der Waals surface area contributed by atoms with E-state index < -0.39 is 0 Å². The van der Waals surface area contributed by atoms with Gasteiger partial charge in [-0.05, 0) is 45.0 Å². The highest BCUT2D eigenvalue weighted by molar-refractivity contribution is 8.00. The summed E-state index contributed by atoms with van der Waals surface area (Å²) < 4.78 is 0. The summed E-state index contributed by atoms with van der Waals surface area (Å²) in [5.41, 5.74) is 2.11. The molecular formula is C16H23NOS. The molecule has 1 aliphatic rings. The predicted molar refractivity (Wildman–Crippen MR) is 82.1 cm³/mol. The molecule has 2 rings (SSSR count). The fourth-order valence-corrected chi connectivity index (χ4v) is 3.44. The summed E-state index contributed by atoms with van der Waals surface area (Å²) in [5.74, 6) is 0.544. The molecule has 0 amide bonds. The molecule has 1 N–H and O–H groups in total. The van der Waals surface area contributed by atoms with Crippen LogP contribution >= 0.6 is 11.8 Å². The quantitative estimate of drug-likeness (QED) is 0.672. The first kappa shape index (κ1) is 14.6. The van der Waals surface area contributed by atoms with Crippen LogP contribution in [0.3, 0.4) is 0 Å². The Morgan fingerprint density at radius 1 is 1.32 bits per heavy atom. The maximum atomic E-state index is 12.7. The summed E-state index contributed by atoms with van der Waals surface area (Å²) >= 11 is 1.79. The Labute approximate surface area is 120 Å². The van der Waals surface area contributed by atoms with E-state index in [4.69, 9.17) is 0 Å². The lowest BCUT2D eigenvalue weighted by Crippen LogP contribution is -2.32. The Morgan fingerprint density at radius 3 is 2.63 bits per heavy atom. The summed E-state index contributed by atoms with van der Waals surface area (Å²) in [6.07, 6.45) is 1.94. The van der Waals surface area contributed by atoms with Gasteiger partial charge < -0.3 is 5.32 Å². The second-order valence-electron chi connectivity index (χ2n) is 5.55. The molecule has 104 valence electrons. The van der Waals surface area contributed by atoms with E-state index in [0.717, 1.165) is 36.4 Å². The van der Waals surface area contributed by atoms with Gasteiger partial charge >= 0.3 is 0 Å². The molecule has 0 saturated carbocycles. The monoisotopic (exact) mass is 277 g/mol. The molecule has 3 heteroatoms. The average molecular weight is 277 g/mol. The van der Waals surface area contributed by atoms with Crippen LogP contribution in [0, 0.1) is 12.8 Å². The molecule has 19 heavy (non-hydrogen) atoms. The molecule has 1 aromatic carbocycles. The molecule has 1 saturated heterocycles. The van der Waals surface area contributed by atoms with Gasteiger partial charge in [0.25, 0.3) is 0 Å².